The first-order valence-corrected chi connectivity index (χ1v) is 8.07. The quantitative estimate of drug-likeness (QED) is 0.800. The highest BCUT2D eigenvalue weighted by Crippen LogP contribution is 2.59. The lowest BCUT2D eigenvalue weighted by Gasteiger charge is -2.32. The predicted molar refractivity (Wildman–Crippen MR) is 84.6 cm³/mol. The van der Waals surface area contributed by atoms with Crippen LogP contribution in [0.25, 0.3) is 0 Å². The van der Waals surface area contributed by atoms with Crippen molar-refractivity contribution < 1.29 is 9.31 Å². The smallest absolute Gasteiger partial charge is 0.403 e. The van der Waals surface area contributed by atoms with Crippen LogP contribution in [0.4, 0.5) is 0 Å². The van der Waals surface area contributed by atoms with Crippen molar-refractivity contribution in [1.82, 2.24) is 9.78 Å². The normalized spacial score (nSPS) is 30.0. The standard InChI is InChI=1S/C16H27BN2O2/c1-8-19-11(3)14(10(2)18-19)12-9-13(12)17-20-15(4,5)16(6,7)21-17/h12-13H,8-9H2,1-7H3. The molecule has 0 amide bonds. The maximum atomic E-state index is 6.20. The Bertz CT molecular complexity index is 549. The molecule has 0 radical (unpaired) electrons. The van der Waals surface area contributed by atoms with Crippen molar-refractivity contribution in [3.63, 3.8) is 0 Å². The summed E-state index contributed by atoms with van der Waals surface area (Å²) in [5.41, 5.74) is 3.42. The fourth-order valence-corrected chi connectivity index (χ4v) is 3.47. The van der Waals surface area contributed by atoms with Crippen molar-refractivity contribution in [1.29, 1.82) is 0 Å². The number of aromatic nitrogens is 2. The summed E-state index contributed by atoms with van der Waals surface area (Å²) in [6.45, 7) is 15.9. The molecule has 21 heavy (non-hydrogen) atoms. The van der Waals surface area contributed by atoms with Gasteiger partial charge in [-0.15, -0.1) is 0 Å². The van der Waals surface area contributed by atoms with E-state index in [9.17, 15) is 0 Å². The van der Waals surface area contributed by atoms with Crippen molar-refractivity contribution >= 4 is 7.12 Å². The van der Waals surface area contributed by atoms with Crippen LogP contribution in [0.2, 0.25) is 5.82 Å². The molecule has 4 nitrogen and oxygen atoms in total. The minimum atomic E-state index is -0.234. The molecule has 1 aromatic rings. The number of hydrogen-bond donors (Lipinski definition) is 0. The lowest BCUT2D eigenvalue weighted by Crippen LogP contribution is -2.41. The Balaban J connectivity index is 1.78. The van der Waals surface area contributed by atoms with Crippen LogP contribution in [0.15, 0.2) is 0 Å². The topological polar surface area (TPSA) is 36.3 Å². The summed E-state index contributed by atoms with van der Waals surface area (Å²) in [5, 5.41) is 4.64. The second kappa shape index (κ2) is 4.59. The Morgan fingerprint density at radius 3 is 2.24 bits per heavy atom. The van der Waals surface area contributed by atoms with E-state index in [1.54, 1.807) is 0 Å². The van der Waals surface area contributed by atoms with Crippen LogP contribution in [0.5, 0.6) is 0 Å². The molecule has 2 unspecified atom stereocenters. The van der Waals surface area contributed by atoms with Crippen LogP contribution < -0.4 is 0 Å². The molecule has 1 aliphatic heterocycles. The number of rotatable bonds is 3. The number of nitrogens with zero attached hydrogens (tertiary/aromatic N) is 2. The van der Waals surface area contributed by atoms with Gasteiger partial charge in [0.05, 0.1) is 16.9 Å². The maximum Gasteiger partial charge on any atom is 0.461 e. The molecule has 116 valence electrons. The van der Waals surface area contributed by atoms with Gasteiger partial charge in [0, 0.05) is 18.1 Å². The van der Waals surface area contributed by atoms with Gasteiger partial charge >= 0.3 is 7.12 Å². The lowest BCUT2D eigenvalue weighted by atomic mass is 9.79. The molecular weight excluding hydrogens is 263 g/mol. The number of hydrogen-bond acceptors (Lipinski definition) is 3. The predicted octanol–water partition coefficient (Wildman–Crippen LogP) is 3.47. The van der Waals surface area contributed by atoms with Gasteiger partial charge < -0.3 is 9.31 Å². The fraction of sp³-hybridized carbons (Fsp3) is 0.812. The van der Waals surface area contributed by atoms with Gasteiger partial charge in [-0.3, -0.25) is 4.68 Å². The van der Waals surface area contributed by atoms with Crippen molar-refractivity contribution in [2.45, 2.75) is 84.4 Å². The van der Waals surface area contributed by atoms with Crippen LogP contribution in [0, 0.1) is 13.8 Å². The molecule has 2 fully saturated rings. The number of aryl methyl sites for hydroxylation is 2. The van der Waals surface area contributed by atoms with Gasteiger partial charge in [0.2, 0.25) is 0 Å². The van der Waals surface area contributed by atoms with Gasteiger partial charge in [0.1, 0.15) is 0 Å². The average Bonchev–Trinajstić information content (AvgIpc) is 3.03. The first-order valence-electron chi connectivity index (χ1n) is 8.07. The van der Waals surface area contributed by atoms with Crippen LogP contribution in [-0.4, -0.2) is 28.1 Å². The molecule has 2 heterocycles. The third-order valence-electron chi connectivity index (χ3n) is 5.57. The molecule has 0 bridgehead atoms. The van der Waals surface area contributed by atoms with Crippen molar-refractivity contribution in [3.05, 3.63) is 17.0 Å². The van der Waals surface area contributed by atoms with E-state index in [0.717, 1.165) is 13.0 Å². The summed E-state index contributed by atoms with van der Waals surface area (Å²) in [6, 6.07) is 0. The van der Waals surface area contributed by atoms with Gasteiger partial charge in [0.25, 0.3) is 0 Å². The summed E-state index contributed by atoms with van der Waals surface area (Å²) in [7, 11) is -0.0798. The minimum Gasteiger partial charge on any atom is -0.403 e. The zero-order valence-corrected chi connectivity index (χ0v) is 14.4. The van der Waals surface area contributed by atoms with E-state index in [1.807, 2.05) is 0 Å². The molecule has 1 aromatic heterocycles. The Kier molecular flexibility index (Phi) is 3.30. The SMILES string of the molecule is CCn1nc(C)c(C2CC2B2OC(C)(C)C(C)(C)O2)c1C. The molecular formula is C16H27BN2O2. The van der Waals surface area contributed by atoms with Gasteiger partial charge in [-0.2, -0.15) is 5.10 Å². The average molecular weight is 290 g/mol. The Labute approximate surface area is 128 Å². The van der Waals surface area contributed by atoms with Gasteiger partial charge in [-0.1, -0.05) is 0 Å². The van der Waals surface area contributed by atoms with Gasteiger partial charge in [0.15, 0.2) is 0 Å². The summed E-state index contributed by atoms with van der Waals surface area (Å²) in [5.74, 6) is 1.01. The molecule has 2 aliphatic rings. The zero-order chi connectivity index (χ0) is 15.6. The van der Waals surface area contributed by atoms with E-state index in [1.165, 1.54) is 17.0 Å². The maximum absolute atomic E-state index is 6.20. The molecule has 0 aromatic carbocycles. The van der Waals surface area contributed by atoms with Crippen molar-refractivity contribution in [3.8, 4) is 0 Å². The zero-order valence-electron chi connectivity index (χ0n) is 14.4. The second-order valence-corrected chi connectivity index (χ2v) is 7.53. The molecule has 3 rings (SSSR count). The van der Waals surface area contributed by atoms with E-state index in [0.29, 0.717) is 11.7 Å². The molecule has 1 saturated carbocycles. The van der Waals surface area contributed by atoms with Crippen LogP contribution in [0.3, 0.4) is 0 Å². The first-order chi connectivity index (χ1) is 9.68. The van der Waals surface area contributed by atoms with Crippen LogP contribution in [-0.2, 0) is 15.9 Å². The van der Waals surface area contributed by atoms with Crippen LogP contribution >= 0.6 is 0 Å². The summed E-state index contributed by atoms with van der Waals surface area (Å²) in [6.07, 6.45) is 1.15. The van der Waals surface area contributed by atoms with Crippen LogP contribution in [0.1, 0.15) is 63.9 Å². The van der Waals surface area contributed by atoms with E-state index in [4.69, 9.17) is 9.31 Å². The molecule has 0 spiro atoms. The third-order valence-corrected chi connectivity index (χ3v) is 5.57. The van der Waals surface area contributed by atoms with E-state index < -0.39 is 0 Å². The largest absolute Gasteiger partial charge is 0.461 e. The van der Waals surface area contributed by atoms with Gasteiger partial charge in [-0.05, 0) is 66.4 Å². The highest BCUT2D eigenvalue weighted by Gasteiger charge is 2.60. The summed E-state index contributed by atoms with van der Waals surface area (Å²) >= 11 is 0. The minimum absolute atomic E-state index is 0.0798. The van der Waals surface area contributed by atoms with E-state index >= 15 is 0 Å². The molecule has 2 atom stereocenters. The molecule has 1 saturated heterocycles. The molecule has 5 heteroatoms. The highest BCUT2D eigenvalue weighted by molar-refractivity contribution is 6.49. The third kappa shape index (κ3) is 2.25. The highest BCUT2D eigenvalue weighted by atomic mass is 16.7. The molecule has 0 N–H and O–H groups in total. The van der Waals surface area contributed by atoms with Crippen molar-refractivity contribution in [2.75, 3.05) is 0 Å². The van der Waals surface area contributed by atoms with Gasteiger partial charge in [-0.25, -0.2) is 0 Å². The monoisotopic (exact) mass is 290 g/mol. The second-order valence-electron chi connectivity index (χ2n) is 7.53. The van der Waals surface area contributed by atoms with Crippen molar-refractivity contribution in [2.24, 2.45) is 0 Å². The first kappa shape index (κ1) is 15.1. The Morgan fingerprint density at radius 1 is 1.19 bits per heavy atom. The Hall–Kier alpha value is -0.805. The summed E-state index contributed by atoms with van der Waals surface area (Å²) < 4.78 is 14.5. The molecule has 1 aliphatic carbocycles. The summed E-state index contributed by atoms with van der Waals surface area (Å²) in [4.78, 5) is 0. The lowest BCUT2D eigenvalue weighted by molar-refractivity contribution is 0.00578. The van der Waals surface area contributed by atoms with E-state index in [2.05, 4.69) is 58.2 Å². The Morgan fingerprint density at radius 2 is 1.76 bits per heavy atom. The van der Waals surface area contributed by atoms with E-state index in [-0.39, 0.29) is 18.3 Å². The fourth-order valence-electron chi connectivity index (χ4n) is 3.47.